The van der Waals surface area contributed by atoms with Gasteiger partial charge in [0, 0.05) is 11.3 Å². The first kappa shape index (κ1) is 29.5. The van der Waals surface area contributed by atoms with Crippen molar-refractivity contribution >= 4 is 56.5 Å². The van der Waals surface area contributed by atoms with Gasteiger partial charge in [-0.05, 0) is 65.2 Å². The summed E-state index contributed by atoms with van der Waals surface area (Å²) in [6.45, 7) is 2.41. The van der Waals surface area contributed by atoms with Crippen LogP contribution >= 0.6 is 23.1 Å². The third kappa shape index (κ3) is 5.80. The molecule has 10 heteroatoms. The van der Waals surface area contributed by atoms with Crippen LogP contribution in [0.25, 0.3) is 16.5 Å². The summed E-state index contributed by atoms with van der Waals surface area (Å²) in [7, 11) is 0. The van der Waals surface area contributed by atoms with Crippen LogP contribution in [0.5, 0.6) is 5.75 Å². The maximum absolute atomic E-state index is 13.5. The lowest BCUT2D eigenvalue weighted by Crippen LogP contribution is -2.29. The number of aliphatic hydroxyl groups is 1. The minimum Gasteiger partial charge on any atom is -0.507 e. The number of Topliss-reactive ketones (excluding diaryl/α,β-unsaturated/α-hetero) is 1. The lowest BCUT2D eigenvalue weighted by atomic mass is 9.99. The molecule has 1 fully saturated rings. The molecule has 2 aromatic heterocycles. The van der Waals surface area contributed by atoms with Gasteiger partial charge in [0.25, 0.3) is 5.78 Å². The van der Waals surface area contributed by atoms with Crippen molar-refractivity contribution in [1.29, 1.82) is 0 Å². The molecule has 7 rings (SSSR count). The average molecular weight is 646 g/mol. The number of amides is 1. The number of aliphatic hydroxyl groups excluding tert-OH is 1. The molecule has 1 atom stereocenters. The number of anilines is 1. The minimum atomic E-state index is -1.02. The van der Waals surface area contributed by atoms with Gasteiger partial charge in [-0.3, -0.25) is 14.5 Å². The van der Waals surface area contributed by atoms with Gasteiger partial charge in [-0.25, -0.2) is 0 Å². The Morgan fingerprint density at radius 3 is 2.57 bits per heavy atom. The molecule has 228 valence electrons. The van der Waals surface area contributed by atoms with E-state index in [1.807, 2.05) is 43.3 Å². The number of ketones is 1. The zero-order chi connectivity index (χ0) is 31.6. The molecule has 0 spiro atoms. The Balaban J connectivity index is 1.14. The Morgan fingerprint density at radius 2 is 1.76 bits per heavy atom. The second-order valence-electron chi connectivity index (χ2n) is 10.8. The number of ether oxygens (including phenoxy) is 1. The summed E-state index contributed by atoms with van der Waals surface area (Å²) >= 11 is 2.71. The molecule has 0 aliphatic carbocycles. The molecule has 1 amide bonds. The van der Waals surface area contributed by atoms with E-state index in [0.29, 0.717) is 33.8 Å². The van der Waals surface area contributed by atoms with Crippen LogP contribution in [0.2, 0.25) is 0 Å². The number of aromatic nitrogens is 2. The normalized spacial score (nSPS) is 15.9. The SMILES string of the molecule is Cc1cccc(COc2ccc(/C(O)=C3\C(=O)C(=O)N(c4nnc(SCc5cccc6ccccc56)s4)C3c3ccco3)cc2)c1. The lowest BCUT2D eigenvalue weighted by molar-refractivity contribution is -0.132. The minimum absolute atomic E-state index is 0.0893. The highest BCUT2D eigenvalue weighted by molar-refractivity contribution is 8.00. The van der Waals surface area contributed by atoms with E-state index >= 15 is 0 Å². The summed E-state index contributed by atoms with van der Waals surface area (Å²) in [5, 5.41) is 22.6. The largest absolute Gasteiger partial charge is 0.507 e. The van der Waals surface area contributed by atoms with E-state index in [4.69, 9.17) is 9.15 Å². The molecule has 0 radical (unpaired) electrons. The standard InChI is InChI=1S/C36H27N3O5S2/c1-22-7-4-8-23(19-22)20-44-27-16-14-25(15-17-27)32(40)30-31(29-13-6-18-43-29)39(34(42)33(30)41)35-37-38-36(46-35)45-21-26-11-5-10-24-9-2-3-12-28(24)26/h2-19,31,40H,20-21H2,1H3/b32-30+. The second-order valence-corrected chi connectivity index (χ2v) is 12.9. The lowest BCUT2D eigenvalue weighted by Gasteiger charge is -2.20. The molecule has 4 aromatic carbocycles. The van der Waals surface area contributed by atoms with Gasteiger partial charge in [-0.1, -0.05) is 95.4 Å². The molecule has 0 saturated carbocycles. The van der Waals surface area contributed by atoms with Crippen LogP contribution in [0.1, 0.15) is 34.1 Å². The Labute approximate surface area is 273 Å². The van der Waals surface area contributed by atoms with E-state index in [9.17, 15) is 14.7 Å². The van der Waals surface area contributed by atoms with Crippen molar-refractivity contribution in [2.75, 3.05) is 4.90 Å². The predicted molar refractivity (Wildman–Crippen MR) is 179 cm³/mol. The highest BCUT2D eigenvalue weighted by Crippen LogP contribution is 2.44. The van der Waals surface area contributed by atoms with Gasteiger partial charge in [0.1, 0.15) is 29.9 Å². The van der Waals surface area contributed by atoms with Crippen LogP contribution in [0.3, 0.4) is 0 Å². The van der Waals surface area contributed by atoms with Crippen LogP contribution in [0.15, 0.2) is 124 Å². The molecule has 1 aliphatic rings. The number of thioether (sulfide) groups is 1. The van der Waals surface area contributed by atoms with E-state index < -0.39 is 17.7 Å². The Kier molecular flexibility index (Phi) is 8.13. The Bertz CT molecular complexity index is 2080. The first-order valence-corrected chi connectivity index (χ1v) is 16.3. The molecular weight excluding hydrogens is 619 g/mol. The van der Waals surface area contributed by atoms with Gasteiger partial charge < -0.3 is 14.3 Å². The van der Waals surface area contributed by atoms with E-state index in [1.54, 1.807) is 36.4 Å². The number of hydrogen-bond donors (Lipinski definition) is 1. The van der Waals surface area contributed by atoms with Gasteiger partial charge in [0.2, 0.25) is 5.13 Å². The van der Waals surface area contributed by atoms with Crippen molar-refractivity contribution in [1.82, 2.24) is 10.2 Å². The number of rotatable bonds is 9. The van der Waals surface area contributed by atoms with Gasteiger partial charge >= 0.3 is 5.91 Å². The van der Waals surface area contributed by atoms with Crippen LogP contribution in [-0.4, -0.2) is 27.0 Å². The van der Waals surface area contributed by atoms with E-state index in [0.717, 1.165) is 27.5 Å². The molecule has 46 heavy (non-hydrogen) atoms. The number of fused-ring (bicyclic) bond motifs is 1. The molecule has 0 bridgehead atoms. The highest BCUT2D eigenvalue weighted by Gasteiger charge is 2.49. The monoisotopic (exact) mass is 645 g/mol. The highest BCUT2D eigenvalue weighted by atomic mass is 32.2. The topological polar surface area (TPSA) is 106 Å². The Hall–Kier alpha value is -5.19. The summed E-state index contributed by atoms with van der Waals surface area (Å²) in [5.41, 5.74) is 3.61. The fraction of sp³-hybridized carbons (Fsp3) is 0.111. The van der Waals surface area contributed by atoms with Crippen LogP contribution < -0.4 is 9.64 Å². The maximum atomic E-state index is 13.5. The first-order valence-electron chi connectivity index (χ1n) is 14.5. The summed E-state index contributed by atoms with van der Waals surface area (Å²) in [4.78, 5) is 28.2. The fourth-order valence-electron chi connectivity index (χ4n) is 5.50. The predicted octanol–water partition coefficient (Wildman–Crippen LogP) is 8.09. The van der Waals surface area contributed by atoms with E-state index in [2.05, 4.69) is 40.5 Å². The quantitative estimate of drug-likeness (QED) is 0.0553. The van der Waals surface area contributed by atoms with Crippen molar-refractivity contribution in [2.24, 2.45) is 0 Å². The van der Waals surface area contributed by atoms with Gasteiger partial charge in [0.15, 0.2) is 4.34 Å². The van der Waals surface area contributed by atoms with Crippen LogP contribution in [0, 0.1) is 6.92 Å². The summed E-state index contributed by atoms with van der Waals surface area (Å²) in [5.74, 6) is -0.395. The van der Waals surface area contributed by atoms with Gasteiger partial charge in [0.05, 0.1) is 11.8 Å². The average Bonchev–Trinajstić information content (AvgIpc) is 3.83. The smallest absolute Gasteiger partial charge is 0.302 e. The maximum Gasteiger partial charge on any atom is 0.302 e. The first-order chi connectivity index (χ1) is 22.5. The molecular formula is C36H27N3O5S2. The molecule has 1 N–H and O–H groups in total. The summed E-state index contributed by atoms with van der Waals surface area (Å²) in [6, 6.07) is 31.5. The van der Waals surface area contributed by atoms with Crippen LogP contribution in [0.4, 0.5) is 5.13 Å². The van der Waals surface area contributed by atoms with Crippen molar-refractivity contribution in [2.45, 2.75) is 29.7 Å². The van der Waals surface area contributed by atoms with Gasteiger partial charge in [-0.15, -0.1) is 10.2 Å². The van der Waals surface area contributed by atoms with Gasteiger partial charge in [-0.2, -0.15) is 0 Å². The zero-order valence-corrected chi connectivity index (χ0v) is 26.3. The van der Waals surface area contributed by atoms with E-state index in [1.165, 1.54) is 34.3 Å². The van der Waals surface area contributed by atoms with Crippen LogP contribution in [-0.2, 0) is 21.9 Å². The van der Waals surface area contributed by atoms with E-state index in [-0.39, 0.29) is 16.5 Å². The number of benzene rings is 4. The van der Waals surface area contributed by atoms with Crippen molar-refractivity contribution in [3.05, 3.63) is 143 Å². The molecule has 8 nitrogen and oxygen atoms in total. The van der Waals surface area contributed by atoms with Crippen molar-refractivity contribution in [3.63, 3.8) is 0 Å². The van der Waals surface area contributed by atoms with Crippen molar-refractivity contribution < 1.29 is 23.8 Å². The third-order valence-corrected chi connectivity index (χ3v) is 9.81. The summed E-state index contributed by atoms with van der Waals surface area (Å²) < 4.78 is 12.2. The molecule has 3 heterocycles. The number of hydrogen-bond acceptors (Lipinski definition) is 9. The van der Waals surface area contributed by atoms with Crippen molar-refractivity contribution in [3.8, 4) is 5.75 Å². The summed E-state index contributed by atoms with van der Waals surface area (Å²) in [6.07, 6.45) is 1.46. The Morgan fingerprint density at radius 1 is 0.957 bits per heavy atom. The number of carbonyl (C=O) groups excluding carboxylic acids is 2. The molecule has 6 aromatic rings. The number of carbonyl (C=O) groups is 2. The fourth-order valence-corrected chi connectivity index (χ4v) is 7.37. The number of nitrogens with zero attached hydrogens (tertiary/aromatic N) is 3. The zero-order valence-electron chi connectivity index (χ0n) is 24.6. The number of furan rings is 1. The number of aryl methyl sites for hydroxylation is 1. The molecule has 1 unspecified atom stereocenters. The second kappa shape index (κ2) is 12.7. The third-order valence-electron chi connectivity index (χ3n) is 7.71. The molecule has 1 saturated heterocycles. The molecule has 1 aliphatic heterocycles.